The van der Waals surface area contributed by atoms with Crippen LogP contribution in [0.4, 0.5) is 0 Å². The first kappa shape index (κ1) is 21.7. The van der Waals surface area contributed by atoms with Crippen LogP contribution in [0.1, 0.15) is 21.1 Å². The number of aryl methyl sites for hydroxylation is 1. The summed E-state index contributed by atoms with van der Waals surface area (Å²) in [5.41, 5.74) is 1.56. The molecule has 4 rings (SSSR count). The highest BCUT2D eigenvalue weighted by Gasteiger charge is 2.23. The van der Waals surface area contributed by atoms with Crippen LogP contribution in [0.5, 0.6) is 5.75 Å². The van der Waals surface area contributed by atoms with Gasteiger partial charge >= 0.3 is 0 Å². The van der Waals surface area contributed by atoms with E-state index in [0.29, 0.717) is 41.0 Å². The first-order chi connectivity index (χ1) is 15.0. The van der Waals surface area contributed by atoms with Gasteiger partial charge in [0.05, 0.1) is 6.54 Å². The predicted molar refractivity (Wildman–Crippen MR) is 124 cm³/mol. The average Bonchev–Trinajstić information content (AvgIpc) is 3.34. The van der Waals surface area contributed by atoms with Gasteiger partial charge in [-0.2, -0.15) is 0 Å². The molecule has 0 aliphatic carbocycles. The quantitative estimate of drug-likeness (QED) is 0.306. The van der Waals surface area contributed by atoms with Crippen molar-refractivity contribution in [3.63, 3.8) is 0 Å². The number of thioether (sulfide) groups is 1. The van der Waals surface area contributed by atoms with Crippen LogP contribution in [0, 0.1) is 6.92 Å². The molecule has 2 heterocycles. The van der Waals surface area contributed by atoms with Gasteiger partial charge in [-0.3, -0.25) is 4.79 Å². The Hall–Kier alpha value is -2.55. The van der Waals surface area contributed by atoms with Crippen molar-refractivity contribution in [2.24, 2.45) is 0 Å². The van der Waals surface area contributed by atoms with E-state index < -0.39 is 0 Å². The number of amides is 1. The predicted octanol–water partition coefficient (Wildman–Crippen LogP) is 5.69. The van der Waals surface area contributed by atoms with Gasteiger partial charge in [0.25, 0.3) is 5.91 Å². The molecule has 0 bridgehead atoms. The van der Waals surface area contributed by atoms with Crippen LogP contribution in [-0.2, 0) is 5.75 Å². The van der Waals surface area contributed by atoms with Crippen LogP contribution in [0.25, 0.3) is 11.0 Å². The van der Waals surface area contributed by atoms with Crippen molar-refractivity contribution in [2.75, 3.05) is 20.2 Å². The Morgan fingerprint density at radius 1 is 1.23 bits per heavy atom. The van der Waals surface area contributed by atoms with Crippen molar-refractivity contribution in [1.29, 1.82) is 0 Å². The number of likely N-dealkylation sites (N-methyl/N-ethyl adjacent to an activating group) is 1. The molecule has 6 nitrogen and oxygen atoms in total. The fraction of sp³-hybridized carbons (Fsp3) is 0.227. The Balaban J connectivity index is 1.48. The molecule has 160 valence electrons. The molecule has 0 unspecified atom stereocenters. The lowest BCUT2D eigenvalue weighted by atomic mass is 10.1. The lowest BCUT2D eigenvalue weighted by Gasteiger charge is -2.17. The fourth-order valence-corrected chi connectivity index (χ4v) is 5.04. The number of carbonyl (C=O) groups excluding carboxylic acids is 1. The molecule has 0 spiro atoms. The van der Waals surface area contributed by atoms with E-state index >= 15 is 0 Å². The summed E-state index contributed by atoms with van der Waals surface area (Å²) in [5.74, 6) is 1.40. The monoisotopic (exact) mass is 473 g/mol. The molecular weight excluding hydrogens is 454 g/mol. The fourth-order valence-electron chi connectivity index (χ4n) is 3.02. The van der Waals surface area contributed by atoms with E-state index in [1.54, 1.807) is 35.8 Å². The van der Waals surface area contributed by atoms with E-state index in [0.717, 1.165) is 20.3 Å². The molecule has 31 heavy (non-hydrogen) atoms. The van der Waals surface area contributed by atoms with Crippen LogP contribution in [0.15, 0.2) is 57.3 Å². The van der Waals surface area contributed by atoms with Gasteiger partial charge in [0, 0.05) is 28.8 Å². The standard InChI is InChI=1S/C22H20ClN3O3S2/c1-14-24-25-22(31-14)30-13-18-17-8-3-4-9-19(17)29-20(18)21(27)26(2)10-11-28-16-7-5-6-15(23)12-16/h3-9,12H,10-11,13H2,1-2H3. The van der Waals surface area contributed by atoms with E-state index in [9.17, 15) is 4.79 Å². The van der Waals surface area contributed by atoms with Crippen LogP contribution in [-0.4, -0.2) is 41.2 Å². The zero-order valence-corrected chi connectivity index (χ0v) is 19.4. The molecule has 0 atom stereocenters. The van der Waals surface area contributed by atoms with Gasteiger partial charge in [0.1, 0.15) is 22.9 Å². The smallest absolute Gasteiger partial charge is 0.289 e. The number of nitrogens with zero attached hydrogens (tertiary/aromatic N) is 3. The second-order valence-corrected chi connectivity index (χ2v) is 9.65. The van der Waals surface area contributed by atoms with Crippen LogP contribution in [0.3, 0.4) is 0 Å². The molecule has 0 fully saturated rings. The van der Waals surface area contributed by atoms with Crippen LogP contribution < -0.4 is 4.74 Å². The lowest BCUT2D eigenvalue weighted by molar-refractivity contribution is 0.0743. The zero-order chi connectivity index (χ0) is 21.8. The Morgan fingerprint density at radius 2 is 2.06 bits per heavy atom. The first-order valence-electron chi connectivity index (χ1n) is 9.58. The first-order valence-corrected chi connectivity index (χ1v) is 11.8. The number of ether oxygens (including phenoxy) is 1. The number of hydrogen-bond donors (Lipinski definition) is 0. The highest BCUT2D eigenvalue weighted by molar-refractivity contribution is 8.00. The van der Waals surface area contributed by atoms with Crippen molar-refractivity contribution in [3.8, 4) is 5.75 Å². The number of halogens is 1. The molecule has 2 aromatic heterocycles. The summed E-state index contributed by atoms with van der Waals surface area (Å²) in [4.78, 5) is 14.8. The Morgan fingerprint density at radius 3 is 2.84 bits per heavy atom. The number of rotatable bonds is 8. The molecule has 9 heteroatoms. The highest BCUT2D eigenvalue weighted by atomic mass is 35.5. The molecule has 2 aromatic carbocycles. The summed E-state index contributed by atoms with van der Waals surface area (Å²) in [7, 11) is 1.74. The van der Waals surface area contributed by atoms with E-state index in [-0.39, 0.29) is 5.91 Å². The number of carbonyl (C=O) groups is 1. The maximum atomic E-state index is 13.2. The summed E-state index contributed by atoms with van der Waals surface area (Å²) in [5, 5.41) is 10.7. The third kappa shape index (κ3) is 5.20. The van der Waals surface area contributed by atoms with Gasteiger partial charge in [0.2, 0.25) is 0 Å². The van der Waals surface area contributed by atoms with Crippen molar-refractivity contribution < 1.29 is 13.9 Å². The molecule has 0 saturated heterocycles. The van der Waals surface area contributed by atoms with E-state index in [4.69, 9.17) is 20.8 Å². The number of furan rings is 1. The molecule has 0 radical (unpaired) electrons. The third-order valence-corrected chi connectivity index (χ3v) is 6.81. The van der Waals surface area contributed by atoms with Gasteiger partial charge in [-0.05, 0) is 31.2 Å². The van der Waals surface area contributed by atoms with Gasteiger partial charge in [-0.25, -0.2) is 0 Å². The minimum Gasteiger partial charge on any atom is -0.492 e. The maximum Gasteiger partial charge on any atom is 0.289 e. The topological polar surface area (TPSA) is 68.5 Å². The molecule has 0 N–H and O–H groups in total. The van der Waals surface area contributed by atoms with E-state index in [2.05, 4.69) is 10.2 Å². The molecule has 0 aliphatic rings. The summed E-state index contributed by atoms with van der Waals surface area (Å²) >= 11 is 9.07. The van der Waals surface area contributed by atoms with Gasteiger partial charge in [-0.1, -0.05) is 59.0 Å². The molecule has 4 aromatic rings. The minimum absolute atomic E-state index is 0.185. The number of benzene rings is 2. The normalized spacial score (nSPS) is 11.1. The minimum atomic E-state index is -0.185. The number of fused-ring (bicyclic) bond motifs is 1. The molecule has 0 saturated carbocycles. The molecule has 0 aliphatic heterocycles. The highest BCUT2D eigenvalue weighted by Crippen LogP contribution is 2.33. The summed E-state index contributed by atoms with van der Waals surface area (Å²) in [6, 6.07) is 14.9. The Bertz CT molecular complexity index is 1210. The van der Waals surface area contributed by atoms with Gasteiger partial charge in [-0.15, -0.1) is 10.2 Å². The van der Waals surface area contributed by atoms with Gasteiger partial charge < -0.3 is 14.1 Å². The van der Waals surface area contributed by atoms with Crippen molar-refractivity contribution >= 4 is 51.6 Å². The summed E-state index contributed by atoms with van der Waals surface area (Å²) < 4.78 is 12.5. The third-order valence-electron chi connectivity index (χ3n) is 4.58. The van der Waals surface area contributed by atoms with Crippen LogP contribution in [0.2, 0.25) is 5.02 Å². The van der Waals surface area contributed by atoms with Crippen molar-refractivity contribution in [2.45, 2.75) is 17.0 Å². The van der Waals surface area contributed by atoms with Gasteiger partial charge in [0.15, 0.2) is 10.1 Å². The van der Waals surface area contributed by atoms with E-state index in [1.807, 2.05) is 43.3 Å². The average molecular weight is 474 g/mol. The second-order valence-electron chi connectivity index (χ2n) is 6.81. The maximum absolute atomic E-state index is 13.2. The van der Waals surface area contributed by atoms with Crippen molar-refractivity contribution in [3.05, 3.63) is 69.9 Å². The number of hydrogen-bond acceptors (Lipinski definition) is 7. The zero-order valence-electron chi connectivity index (χ0n) is 17.0. The summed E-state index contributed by atoms with van der Waals surface area (Å²) in [6.45, 7) is 2.67. The lowest BCUT2D eigenvalue weighted by Crippen LogP contribution is -2.31. The SMILES string of the molecule is Cc1nnc(SCc2c(C(=O)N(C)CCOc3cccc(Cl)c3)oc3ccccc23)s1. The molecule has 1 amide bonds. The summed E-state index contributed by atoms with van der Waals surface area (Å²) in [6.07, 6.45) is 0. The number of para-hydroxylation sites is 1. The largest absolute Gasteiger partial charge is 0.492 e. The Kier molecular flexibility index (Phi) is 6.80. The number of aromatic nitrogens is 2. The Labute approximate surface area is 193 Å². The van der Waals surface area contributed by atoms with Crippen molar-refractivity contribution in [1.82, 2.24) is 15.1 Å². The molecular formula is C22H20ClN3O3S2. The van der Waals surface area contributed by atoms with E-state index in [1.165, 1.54) is 11.3 Å². The van der Waals surface area contributed by atoms with Crippen LogP contribution >= 0.6 is 34.7 Å². The second kappa shape index (κ2) is 9.72.